The molecule has 0 aromatic carbocycles. The number of nitrogens with zero attached hydrogens (tertiary/aromatic N) is 2. The Morgan fingerprint density at radius 3 is 2.80 bits per heavy atom. The van der Waals surface area contributed by atoms with E-state index in [1.807, 2.05) is 20.8 Å². The van der Waals surface area contributed by atoms with E-state index < -0.39 is 11.7 Å². The van der Waals surface area contributed by atoms with Crippen LogP contribution in [-0.4, -0.2) is 39.6 Å². The number of halogens is 1. The maximum Gasteiger partial charge on any atom is 0.417 e. The number of alkyl halides is 1. The normalized spacial score (nSPS) is 21.5. The third-order valence-corrected chi connectivity index (χ3v) is 2.86. The molecule has 2 N–H and O–H groups in total. The second kappa shape index (κ2) is 4.54. The predicted molar refractivity (Wildman–Crippen MR) is 67.2 cm³/mol. The zero-order chi connectivity index (χ0) is 11.6. The van der Waals surface area contributed by atoms with Gasteiger partial charge in [-0.2, -0.15) is 0 Å². The molecule has 6 heteroatoms. The van der Waals surface area contributed by atoms with Crippen molar-refractivity contribution in [3.8, 4) is 0 Å². The summed E-state index contributed by atoms with van der Waals surface area (Å²) in [5.74, 6) is 0.255. The topological polar surface area (TPSA) is 67.9 Å². The first-order valence-corrected chi connectivity index (χ1v) is 6.26. The number of carbonyl (C=O) groups is 1. The van der Waals surface area contributed by atoms with E-state index >= 15 is 0 Å². The minimum Gasteiger partial charge on any atom is -0.443 e. The maximum absolute atomic E-state index is 11.8. The van der Waals surface area contributed by atoms with Gasteiger partial charge in [-0.1, -0.05) is 22.6 Å². The molecule has 0 radical (unpaired) electrons. The number of carbonyl (C=O) groups excluding carboxylic acids is 1. The predicted octanol–water partition coefficient (Wildman–Crippen LogP) is 1.36. The fourth-order valence-corrected chi connectivity index (χ4v) is 1.89. The molecule has 5 nitrogen and oxygen atoms in total. The third-order valence-electron chi connectivity index (χ3n) is 1.84. The van der Waals surface area contributed by atoms with Gasteiger partial charge in [0.25, 0.3) is 0 Å². The van der Waals surface area contributed by atoms with Gasteiger partial charge in [0, 0.05) is 4.43 Å². The van der Waals surface area contributed by atoms with Crippen LogP contribution in [0.2, 0.25) is 0 Å². The summed E-state index contributed by atoms with van der Waals surface area (Å²) in [6, 6.07) is 0.0282. The first-order chi connectivity index (χ1) is 6.85. The van der Waals surface area contributed by atoms with Crippen LogP contribution in [0.1, 0.15) is 20.8 Å². The van der Waals surface area contributed by atoms with E-state index in [0.29, 0.717) is 6.54 Å². The van der Waals surface area contributed by atoms with E-state index in [1.165, 1.54) is 4.90 Å². The lowest BCUT2D eigenvalue weighted by atomic mass is 10.2. The van der Waals surface area contributed by atoms with Crippen LogP contribution in [0.25, 0.3) is 0 Å². The van der Waals surface area contributed by atoms with E-state index in [0.717, 1.165) is 4.43 Å². The summed E-state index contributed by atoms with van der Waals surface area (Å²) in [5, 5.41) is 0. The van der Waals surface area contributed by atoms with Gasteiger partial charge in [0.2, 0.25) is 5.96 Å². The van der Waals surface area contributed by atoms with Crippen LogP contribution in [0.4, 0.5) is 4.79 Å². The van der Waals surface area contributed by atoms with Crippen LogP contribution in [0, 0.1) is 0 Å². The highest BCUT2D eigenvalue weighted by atomic mass is 127. The molecule has 1 atom stereocenters. The summed E-state index contributed by atoms with van der Waals surface area (Å²) < 4.78 is 6.04. The highest BCUT2D eigenvalue weighted by Gasteiger charge is 2.33. The molecule has 0 aliphatic carbocycles. The minimum atomic E-state index is -0.504. The second-order valence-corrected chi connectivity index (χ2v) is 5.24. The lowest BCUT2D eigenvalue weighted by Crippen LogP contribution is -2.47. The molecule has 1 heterocycles. The summed E-state index contributed by atoms with van der Waals surface area (Å²) >= 11 is 2.21. The Balaban J connectivity index is 2.69. The van der Waals surface area contributed by atoms with Crippen molar-refractivity contribution in [2.45, 2.75) is 32.4 Å². The molecule has 1 aliphatic heterocycles. The number of guanidine groups is 1. The van der Waals surface area contributed by atoms with Crippen molar-refractivity contribution < 1.29 is 9.53 Å². The second-order valence-electron chi connectivity index (χ2n) is 4.36. The number of rotatable bonds is 1. The van der Waals surface area contributed by atoms with Crippen LogP contribution in [0.5, 0.6) is 0 Å². The Morgan fingerprint density at radius 2 is 2.33 bits per heavy atom. The molecular weight excluding hydrogens is 309 g/mol. The summed E-state index contributed by atoms with van der Waals surface area (Å²) in [6.45, 7) is 6.04. The van der Waals surface area contributed by atoms with Gasteiger partial charge < -0.3 is 10.5 Å². The quantitative estimate of drug-likeness (QED) is 0.585. The number of hydrogen-bond donors (Lipinski definition) is 1. The number of amides is 1. The summed E-state index contributed by atoms with van der Waals surface area (Å²) in [4.78, 5) is 17.2. The van der Waals surface area contributed by atoms with Crippen LogP contribution in [0.15, 0.2) is 4.99 Å². The Hall–Kier alpha value is -0.530. The molecule has 0 aromatic rings. The zero-order valence-corrected chi connectivity index (χ0v) is 11.3. The van der Waals surface area contributed by atoms with Crippen molar-refractivity contribution in [3.05, 3.63) is 0 Å². The van der Waals surface area contributed by atoms with Crippen LogP contribution in [0.3, 0.4) is 0 Å². The molecule has 1 unspecified atom stereocenters. The molecule has 0 spiro atoms. The first kappa shape index (κ1) is 12.5. The molecule has 0 saturated heterocycles. The average Bonchev–Trinajstić information content (AvgIpc) is 2.43. The first-order valence-electron chi connectivity index (χ1n) is 4.73. The van der Waals surface area contributed by atoms with Crippen molar-refractivity contribution in [2.24, 2.45) is 10.7 Å². The van der Waals surface area contributed by atoms with E-state index in [-0.39, 0.29) is 12.0 Å². The molecular formula is C9H16IN3O2. The number of aliphatic imine (C=N–C) groups is 1. The van der Waals surface area contributed by atoms with Gasteiger partial charge in [-0.05, 0) is 20.8 Å². The monoisotopic (exact) mass is 325 g/mol. The standard InChI is InChI=1S/C9H16IN3O2/c1-9(2,3)15-8(14)13-6(4-10)5-12-7(13)11/h6H,4-5H2,1-3H3,(H2,11,12). The Morgan fingerprint density at radius 1 is 1.73 bits per heavy atom. The van der Waals surface area contributed by atoms with Crippen molar-refractivity contribution in [2.75, 3.05) is 11.0 Å². The Kier molecular flexibility index (Phi) is 3.80. The summed E-state index contributed by atoms with van der Waals surface area (Å²) in [7, 11) is 0. The minimum absolute atomic E-state index is 0.0282. The van der Waals surface area contributed by atoms with Gasteiger partial charge in [-0.15, -0.1) is 0 Å². The maximum atomic E-state index is 11.8. The lowest BCUT2D eigenvalue weighted by molar-refractivity contribution is 0.0344. The number of hydrogen-bond acceptors (Lipinski definition) is 4. The van der Waals surface area contributed by atoms with Crippen molar-refractivity contribution >= 4 is 34.6 Å². The molecule has 1 amide bonds. The van der Waals surface area contributed by atoms with Crippen LogP contribution in [-0.2, 0) is 4.74 Å². The molecule has 86 valence electrons. The highest BCUT2D eigenvalue weighted by Crippen LogP contribution is 2.16. The molecule has 15 heavy (non-hydrogen) atoms. The number of ether oxygens (including phenoxy) is 1. The smallest absolute Gasteiger partial charge is 0.417 e. The van der Waals surface area contributed by atoms with Gasteiger partial charge in [-0.3, -0.25) is 4.99 Å². The van der Waals surface area contributed by atoms with Gasteiger partial charge in [0.05, 0.1) is 12.6 Å². The van der Waals surface area contributed by atoms with Gasteiger partial charge in [0.1, 0.15) is 5.60 Å². The molecule has 0 aromatic heterocycles. The molecule has 1 rings (SSSR count). The highest BCUT2D eigenvalue weighted by molar-refractivity contribution is 14.1. The molecule has 0 fully saturated rings. The van der Waals surface area contributed by atoms with Crippen LogP contribution < -0.4 is 5.73 Å². The fraction of sp³-hybridized carbons (Fsp3) is 0.778. The van der Waals surface area contributed by atoms with E-state index in [9.17, 15) is 4.79 Å². The van der Waals surface area contributed by atoms with E-state index in [1.54, 1.807) is 0 Å². The van der Waals surface area contributed by atoms with Crippen molar-refractivity contribution in [1.29, 1.82) is 0 Å². The largest absolute Gasteiger partial charge is 0.443 e. The van der Waals surface area contributed by atoms with Gasteiger partial charge in [-0.25, -0.2) is 9.69 Å². The van der Waals surface area contributed by atoms with E-state index in [2.05, 4.69) is 27.6 Å². The fourth-order valence-electron chi connectivity index (χ4n) is 1.22. The Bertz CT molecular complexity index is 286. The van der Waals surface area contributed by atoms with Crippen LogP contribution >= 0.6 is 22.6 Å². The van der Waals surface area contributed by atoms with Crippen molar-refractivity contribution in [1.82, 2.24) is 4.90 Å². The van der Waals surface area contributed by atoms with Gasteiger partial charge >= 0.3 is 6.09 Å². The summed E-state index contributed by atoms with van der Waals surface area (Å²) in [5.41, 5.74) is 5.13. The Labute approximate surface area is 103 Å². The SMILES string of the molecule is CC(C)(C)OC(=O)N1C(N)=NCC1CI. The van der Waals surface area contributed by atoms with E-state index in [4.69, 9.17) is 10.5 Å². The average molecular weight is 325 g/mol. The zero-order valence-electron chi connectivity index (χ0n) is 9.16. The number of nitrogens with two attached hydrogens (primary N) is 1. The molecule has 1 aliphatic rings. The third kappa shape index (κ3) is 3.22. The van der Waals surface area contributed by atoms with Crippen molar-refractivity contribution in [3.63, 3.8) is 0 Å². The molecule has 0 saturated carbocycles. The lowest BCUT2D eigenvalue weighted by Gasteiger charge is -2.27. The molecule has 0 bridgehead atoms. The van der Waals surface area contributed by atoms with Gasteiger partial charge in [0.15, 0.2) is 0 Å². The summed E-state index contributed by atoms with van der Waals surface area (Å²) in [6.07, 6.45) is -0.414.